The second kappa shape index (κ2) is 8.07. The van der Waals surface area contributed by atoms with Gasteiger partial charge < -0.3 is 14.6 Å². The molecule has 4 rings (SSSR count). The van der Waals surface area contributed by atoms with Crippen LogP contribution in [0.1, 0.15) is 30.2 Å². The van der Waals surface area contributed by atoms with Gasteiger partial charge >= 0.3 is 0 Å². The average molecular weight is 405 g/mol. The number of anilines is 1. The van der Waals surface area contributed by atoms with Crippen LogP contribution in [0.25, 0.3) is 17.3 Å². The number of rotatable bonds is 6. The molecule has 0 spiro atoms. The molecular weight excluding hydrogens is 386 g/mol. The number of nitrogens with zero attached hydrogens (tertiary/aromatic N) is 8. The molecule has 0 radical (unpaired) electrons. The minimum atomic E-state index is -0.419. The lowest BCUT2D eigenvalue weighted by Gasteiger charge is -2.10. The number of amides is 1. The van der Waals surface area contributed by atoms with Gasteiger partial charge in [0.25, 0.3) is 5.91 Å². The van der Waals surface area contributed by atoms with Crippen LogP contribution in [0.2, 0.25) is 0 Å². The lowest BCUT2D eigenvalue weighted by molar-refractivity contribution is 0.102. The largest absolute Gasteiger partial charge is 0.479 e. The van der Waals surface area contributed by atoms with Crippen LogP contribution in [0.15, 0.2) is 49.1 Å². The minimum absolute atomic E-state index is 0.161. The van der Waals surface area contributed by atoms with Gasteiger partial charge in [-0.2, -0.15) is 5.10 Å². The Morgan fingerprint density at radius 1 is 1.13 bits per heavy atom. The number of carbonyl (C=O) groups excluding carboxylic acids is 1. The predicted octanol–water partition coefficient (Wildman–Crippen LogP) is 2.16. The zero-order chi connectivity index (χ0) is 21.1. The van der Waals surface area contributed by atoms with E-state index in [1.807, 2.05) is 24.5 Å². The van der Waals surface area contributed by atoms with Crippen molar-refractivity contribution in [2.75, 3.05) is 12.4 Å². The first-order chi connectivity index (χ1) is 14.6. The summed E-state index contributed by atoms with van der Waals surface area (Å²) in [5, 5.41) is 22.9. The van der Waals surface area contributed by atoms with Crippen molar-refractivity contribution in [3.8, 4) is 23.2 Å². The molecule has 0 aromatic carbocycles. The van der Waals surface area contributed by atoms with Gasteiger partial charge in [-0.25, -0.2) is 9.67 Å². The van der Waals surface area contributed by atoms with E-state index in [9.17, 15) is 4.79 Å². The summed E-state index contributed by atoms with van der Waals surface area (Å²) in [6.07, 6.45) is 4.73. The Hall–Kier alpha value is -4.15. The standard InChI is InChI=1S/C19H19N9O2/c1-12(2)27-11-21-25-17(27)14-6-4-7-15(22-14)23-18(29)13-10-28(26-19(13)30-3)16-8-5-9-20-24-16/h4-12H,1-3H3,(H,22,23,29). The molecule has 0 saturated carbocycles. The molecule has 4 aromatic heterocycles. The average Bonchev–Trinajstić information content (AvgIpc) is 3.42. The molecular formula is C19H19N9O2. The molecule has 4 aromatic rings. The quantitative estimate of drug-likeness (QED) is 0.517. The van der Waals surface area contributed by atoms with Crippen LogP contribution in [0, 0.1) is 0 Å². The third-order valence-electron chi connectivity index (χ3n) is 4.26. The van der Waals surface area contributed by atoms with E-state index >= 15 is 0 Å². The van der Waals surface area contributed by atoms with Crippen molar-refractivity contribution in [2.24, 2.45) is 0 Å². The molecule has 11 heteroatoms. The Morgan fingerprint density at radius 2 is 2.00 bits per heavy atom. The number of nitrogens with one attached hydrogen (secondary N) is 1. The van der Waals surface area contributed by atoms with Crippen molar-refractivity contribution < 1.29 is 9.53 Å². The molecule has 1 N–H and O–H groups in total. The molecule has 11 nitrogen and oxygen atoms in total. The highest BCUT2D eigenvalue weighted by Crippen LogP contribution is 2.22. The van der Waals surface area contributed by atoms with Gasteiger partial charge in [0.2, 0.25) is 5.88 Å². The number of hydrogen-bond acceptors (Lipinski definition) is 8. The van der Waals surface area contributed by atoms with Crippen LogP contribution in [0.5, 0.6) is 5.88 Å². The maximum Gasteiger partial charge on any atom is 0.263 e. The van der Waals surface area contributed by atoms with Crippen LogP contribution >= 0.6 is 0 Å². The van der Waals surface area contributed by atoms with Crippen molar-refractivity contribution in [1.82, 2.24) is 39.7 Å². The molecule has 0 aliphatic carbocycles. The fraction of sp³-hybridized carbons (Fsp3) is 0.211. The number of methoxy groups -OCH3 is 1. The van der Waals surface area contributed by atoms with Crippen LogP contribution < -0.4 is 10.1 Å². The van der Waals surface area contributed by atoms with Gasteiger partial charge in [0.1, 0.15) is 23.4 Å². The van der Waals surface area contributed by atoms with Gasteiger partial charge in [-0.15, -0.1) is 20.4 Å². The Morgan fingerprint density at radius 3 is 2.73 bits per heavy atom. The first-order valence-corrected chi connectivity index (χ1v) is 9.17. The predicted molar refractivity (Wildman–Crippen MR) is 107 cm³/mol. The second-order valence-corrected chi connectivity index (χ2v) is 6.60. The van der Waals surface area contributed by atoms with E-state index in [2.05, 4.69) is 35.8 Å². The lowest BCUT2D eigenvalue weighted by Crippen LogP contribution is -2.14. The fourth-order valence-electron chi connectivity index (χ4n) is 2.81. The Bertz CT molecular complexity index is 1170. The molecule has 0 saturated heterocycles. The van der Waals surface area contributed by atoms with E-state index in [0.717, 1.165) is 0 Å². The SMILES string of the molecule is COc1nn(-c2cccnn2)cc1C(=O)Nc1cccc(-c2nncn2C(C)C)n1. The fourth-order valence-corrected chi connectivity index (χ4v) is 2.81. The van der Waals surface area contributed by atoms with Gasteiger partial charge in [-0.3, -0.25) is 4.79 Å². The van der Waals surface area contributed by atoms with Gasteiger partial charge in [0.05, 0.1) is 7.11 Å². The molecule has 0 unspecified atom stereocenters. The molecule has 152 valence electrons. The minimum Gasteiger partial charge on any atom is -0.479 e. The van der Waals surface area contributed by atoms with Crippen molar-refractivity contribution in [2.45, 2.75) is 19.9 Å². The first-order valence-electron chi connectivity index (χ1n) is 9.17. The molecule has 1 amide bonds. The summed E-state index contributed by atoms with van der Waals surface area (Å²) in [5.74, 6) is 1.19. The van der Waals surface area contributed by atoms with E-state index in [1.54, 1.807) is 36.8 Å². The first kappa shape index (κ1) is 19.2. The molecule has 0 aliphatic heterocycles. The highest BCUT2D eigenvalue weighted by molar-refractivity contribution is 6.05. The normalized spacial score (nSPS) is 10.9. The van der Waals surface area contributed by atoms with Crippen molar-refractivity contribution in [3.05, 3.63) is 54.6 Å². The van der Waals surface area contributed by atoms with Gasteiger partial charge in [-0.05, 0) is 38.1 Å². The number of ether oxygens (including phenoxy) is 1. The Kier molecular flexibility index (Phi) is 5.16. The molecule has 0 bridgehead atoms. The molecule has 0 fully saturated rings. The van der Waals surface area contributed by atoms with Crippen molar-refractivity contribution >= 4 is 11.7 Å². The van der Waals surface area contributed by atoms with Gasteiger partial charge in [-0.1, -0.05) is 6.07 Å². The van der Waals surface area contributed by atoms with Crippen molar-refractivity contribution in [1.29, 1.82) is 0 Å². The van der Waals surface area contributed by atoms with Crippen molar-refractivity contribution in [3.63, 3.8) is 0 Å². The molecule has 0 atom stereocenters. The topological polar surface area (TPSA) is 126 Å². The van der Waals surface area contributed by atoms with E-state index in [0.29, 0.717) is 23.2 Å². The summed E-state index contributed by atoms with van der Waals surface area (Å²) >= 11 is 0. The lowest BCUT2D eigenvalue weighted by atomic mass is 10.3. The van der Waals surface area contributed by atoms with Gasteiger partial charge in [0.15, 0.2) is 11.6 Å². The van der Waals surface area contributed by atoms with Crippen LogP contribution in [-0.2, 0) is 0 Å². The third kappa shape index (κ3) is 3.72. The molecule has 0 aliphatic rings. The summed E-state index contributed by atoms with van der Waals surface area (Å²) in [5.41, 5.74) is 0.835. The van der Waals surface area contributed by atoms with Crippen LogP contribution in [0.3, 0.4) is 0 Å². The summed E-state index contributed by atoms with van der Waals surface area (Å²) in [6.45, 7) is 4.05. The zero-order valence-electron chi connectivity index (χ0n) is 16.6. The zero-order valence-corrected chi connectivity index (χ0v) is 16.6. The third-order valence-corrected chi connectivity index (χ3v) is 4.26. The summed E-state index contributed by atoms with van der Waals surface area (Å²) in [6, 6.07) is 8.91. The Balaban J connectivity index is 1.60. The molecule has 4 heterocycles. The smallest absolute Gasteiger partial charge is 0.263 e. The van der Waals surface area contributed by atoms with E-state index in [1.165, 1.54) is 18.0 Å². The number of aromatic nitrogens is 8. The second-order valence-electron chi connectivity index (χ2n) is 6.60. The summed E-state index contributed by atoms with van der Waals surface area (Å²) < 4.78 is 8.58. The van der Waals surface area contributed by atoms with Crippen LogP contribution in [-0.4, -0.2) is 52.7 Å². The van der Waals surface area contributed by atoms with Gasteiger partial charge in [0, 0.05) is 18.4 Å². The number of pyridine rings is 1. The Labute approximate surface area is 171 Å². The molecule has 30 heavy (non-hydrogen) atoms. The van der Waals surface area contributed by atoms with E-state index in [-0.39, 0.29) is 17.5 Å². The highest BCUT2D eigenvalue weighted by atomic mass is 16.5. The maximum absolute atomic E-state index is 12.9. The van der Waals surface area contributed by atoms with E-state index in [4.69, 9.17) is 4.74 Å². The summed E-state index contributed by atoms with van der Waals surface area (Å²) in [7, 11) is 1.44. The number of carbonyl (C=O) groups is 1. The maximum atomic E-state index is 12.9. The highest BCUT2D eigenvalue weighted by Gasteiger charge is 2.20. The van der Waals surface area contributed by atoms with E-state index < -0.39 is 5.91 Å². The number of hydrogen-bond donors (Lipinski definition) is 1. The monoisotopic (exact) mass is 405 g/mol. The summed E-state index contributed by atoms with van der Waals surface area (Å²) in [4.78, 5) is 17.4. The van der Waals surface area contributed by atoms with Crippen LogP contribution in [0.4, 0.5) is 5.82 Å².